The molecule has 0 saturated carbocycles. The van der Waals surface area contributed by atoms with Gasteiger partial charge in [-0.3, -0.25) is 9.82 Å². The zero-order valence-electron chi connectivity index (χ0n) is 9.52. The number of rotatable bonds is 4. The number of anilines is 1. The first-order valence-electron chi connectivity index (χ1n) is 5.14. The minimum atomic E-state index is -3.79. The van der Waals surface area contributed by atoms with Crippen molar-refractivity contribution in [3.05, 3.63) is 39.5 Å². The van der Waals surface area contributed by atoms with Crippen LogP contribution < -0.4 is 10.5 Å². The molecule has 2 aromatic rings. The second-order valence-corrected chi connectivity index (χ2v) is 6.57. The average molecular weight is 366 g/mol. The molecule has 9 heteroatoms. The van der Waals surface area contributed by atoms with Gasteiger partial charge in [0.25, 0.3) is 10.0 Å². The highest BCUT2D eigenvalue weighted by Crippen LogP contribution is 2.28. The van der Waals surface area contributed by atoms with Gasteiger partial charge in [0, 0.05) is 21.6 Å². The summed E-state index contributed by atoms with van der Waals surface area (Å²) in [6.07, 6.45) is 1.38. The lowest BCUT2D eigenvalue weighted by Crippen LogP contribution is -2.16. The highest BCUT2D eigenvalue weighted by molar-refractivity contribution is 9.10. The van der Waals surface area contributed by atoms with Crippen molar-refractivity contribution in [2.24, 2.45) is 5.73 Å². The van der Waals surface area contributed by atoms with E-state index in [2.05, 4.69) is 30.8 Å². The molecule has 0 fully saturated rings. The topological polar surface area (TPSA) is 101 Å². The van der Waals surface area contributed by atoms with E-state index in [1.54, 1.807) is 12.1 Å². The van der Waals surface area contributed by atoms with Crippen LogP contribution in [0.2, 0.25) is 5.02 Å². The van der Waals surface area contributed by atoms with Crippen molar-refractivity contribution in [3.8, 4) is 0 Å². The fourth-order valence-electron chi connectivity index (χ4n) is 1.45. The number of benzene rings is 1. The number of hydrogen-bond acceptors (Lipinski definition) is 4. The molecule has 0 spiro atoms. The fraction of sp³-hybridized carbons (Fsp3) is 0.100. The van der Waals surface area contributed by atoms with E-state index in [0.717, 1.165) is 0 Å². The first-order chi connectivity index (χ1) is 8.94. The van der Waals surface area contributed by atoms with E-state index < -0.39 is 10.0 Å². The van der Waals surface area contributed by atoms with Crippen LogP contribution in [-0.4, -0.2) is 18.6 Å². The quantitative estimate of drug-likeness (QED) is 0.772. The summed E-state index contributed by atoms with van der Waals surface area (Å²) in [5.41, 5.74) is 6.20. The molecule has 4 N–H and O–H groups in total. The number of nitrogens with two attached hydrogens (primary N) is 1. The molecule has 0 aliphatic heterocycles. The molecular weight excluding hydrogens is 356 g/mol. The molecule has 19 heavy (non-hydrogen) atoms. The number of nitrogens with one attached hydrogen (secondary N) is 2. The van der Waals surface area contributed by atoms with Crippen molar-refractivity contribution < 1.29 is 8.42 Å². The lowest BCUT2D eigenvalue weighted by atomic mass is 10.3. The lowest BCUT2D eigenvalue weighted by molar-refractivity contribution is 0.596. The highest BCUT2D eigenvalue weighted by atomic mass is 79.9. The zero-order chi connectivity index (χ0) is 14.0. The van der Waals surface area contributed by atoms with E-state index in [0.29, 0.717) is 20.7 Å². The zero-order valence-corrected chi connectivity index (χ0v) is 12.7. The summed E-state index contributed by atoms with van der Waals surface area (Å²) in [6.45, 7) is 0.0729. The SMILES string of the molecule is NCc1cn[nH]c1S(=O)(=O)Nc1cc(Cl)ccc1Br. The molecule has 0 radical (unpaired) electrons. The summed E-state index contributed by atoms with van der Waals surface area (Å²) in [7, 11) is -3.79. The van der Waals surface area contributed by atoms with Gasteiger partial charge in [-0.1, -0.05) is 11.6 Å². The Morgan fingerprint density at radius 1 is 1.47 bits per heavy atom. The van der Waals surface area contributed by atoms with Crippen LogP contribution in [0.25, 0.3) is 0 Å². The van der Waals surface area contributed by atoms with E-state index in [9.17, 15) is 8.42 Å². The molecule has 0 saturated heterocycles. The number of hydrogen-bond donors (Lipinski definition) is 3. The minimum absolute atomic E-state index is 0.0538. The van der Waals surface area contributed by atoms with Crippen LogP contribution in [0.4, 0.5) is 5.69 Å². The molecule has 1 aromatic heterocycles. The molecule has 102 valence electrons. The summed E-state index contributed by atoms with van der Waals surface area (Å²) in [5, 5.41) is 6.47. The predicted molar refractivity (Wildman–Crippen MR) is 76.4 cm³/mol. The van der Waals surface area contributed by atoms with Crippen LogP contribution in [0.1, 0.15) is 5.56 Å². The molecule has 1 aromatic carbocycles. The third-order valence-corrected chi connectivity index (χ3v) is 4.65. The van der Waals surface area contributed by atoms with Crippen LogP contribution in [-0.2, 0) is 16.6 Å². The van der Waals surface area contributed by atoms with Crippen molar-refractivity contribution in [3.63, 3.8) is 0 Å². The Hall–Kier alpha value is -1.09. The number of sulfonamides is 1. The molecule has 6 nitrogen and oxygen atoms in total. The van der Waals surface area contributed by atoms with Gasteiger partial charge in [-0.15, -0.1) is 0 Å². The van der Waals surface area contributed by atoms with Gasteiger partial charge in [-0.25, -0.2) is 0 Å². The van der Waals surface area contributed by atoms with E-state index >= 15 is 0 Å². The lowest BCUT2D eigenvalue weighted by Gasteiger charge is -2.09. The summed E-state index contributed by atoms with van der Waals surface area (Å²) in [5.74, 6) is 0. The molecular formula is C10H10BrClN4O2S. The van der Waals surface area contributed by atoms with Crippen LogP contribution in [0.15, 0.2) is 33.9 Å². The monoisotopic (exact) mass is 364 g/mol. The van der Waals surface area contributed by atoms with Crippen LogP contribution in [0, 0.1) is 0 Å². The maximum Gasteiger partial charge on any atom is 0.279 e. The van der Waals surface area contributed by atoms with Gasteiger partial charge in [0.15, 0.2) is 5.03 Å². The number of halogens is 2. The molecule has 2 rings (SSSR count). The summed E-state index contributed by atoms with van der Waals surface area (Å²) in [4.78, 5) is 0. The predicted octanol–water partition coefficient (Wildman–Crippen LogP) is 2.09. The second-order valence-electron chi connectivity index (χ2n) is 3.66. The van der Waals surface area contributed by atoms with Crippen molar-refractivity contribution in [2.45, 2.75) is 11.6 Å². The van der Waals surface area contributed by atoms with Crippen molar-refractivity contribution in [2.75, 3.05) is 4.72 Å². The maximum atomic E-state index is 12.2. The van der Waals surface area contributed by atoms with Gasteiger partial charge in [0.1, 0.15) is 0 Å². The molecule has 0 aliphatic carbocycles. The van der Waals surface area contributed by atoms with Crippen LogP contribution in [0.3, 0.4) is 0 Å². The Morgan fingerprint density at radius 3 is 2.89 bits per heavy atom. The Balaban J connectivity index is 2.39. The Kier molecular flexibility index (Phi) is 4.14. The summed E-state index contributed by atoms with van der Waals surface area (Å²) >= 11 is 9.08. The molecule has 0 atom stereocenters. The third-order valence-electron chi connectivity index (χ3n) is 2.34. The average Bonchev–Trinajstić information content (AvgIpc) is 2.82. The number of nitrogens with zero attached hydrogens (tertiary/aromatic N) is 1. The Morgan fingerprint density at radius 2 is 2.21 bits per heavy atom. The standard InChI is InChI=1S/C10H10BrClN4O2S/c11-8-2-1-7(12)3-9(8)16-19(17,18)10-6(4-13)5-14-15-10/h1-3,5,16H,4,13H2,(H,14,15). The molecule has 0 unspecified atom stereocenters. The van der Waals surface area contributed by atoms with Gasteiger partial charge in [0.05, 0.1) is 11.9 Å². The largest absolute Gasteiger partial charge is 0.326 e. The van der Waals surface area contributed by atoms with Crippen molar-refractivity contribution >= 4 is 43.2 Å². The highest BCUT2D eigenvalue weighted by Gasteiger charge is 2.21. The molecule has 1 heterocycles. The first kappa shape index (κ1) is 14.3. The van der Waals surface area contributed by atoms with Crippen molar-refractivity contribution in [1.82, 2.24) is 10.2 Å². The second kappa shape index (κ2) is 5.49. The van der Waals surface area contributed by atoms with E-state index in [4.69, 9.17) is 17.3 Å². The van der Waals surface area contributed by atoms with Gasteiger partial charge >= 0.3 is 0 Å². The fourth-order valence-corrected chi connectivity index (χ4v) is 3.31. The van der Waals surface area contributed by atoms with E-state index in [-0.39, 0.29) is 11.6 Å². The van der Waals surface area contributed by atoms with Crippen LogP contribution in [0.5, 0.6) is 0 Å². The van der Waals surface area contributed by atoms with Gasteiger partial charge in [-0.2, -0.15) is 13.5 Å². The van der Waals surface area contributed by atoms with Crippen LogP contribution >= 0.6 is 27.5 Å². The van der Waals surface area contributed by atoms with E-state index in [1.165, 1.54) is 12.3 Å². The third kappa shape index (κ3) is 3.08. The maximum absolute atomic E-state index is 12.2. The van der Waals surface area contributed by atoms with Crippen molar-refractivity contribution in [1.29, 1.82) is 0 Å². The Bertz CT molecular complexity index is 701. The van der Waals surface area contributed by atoms with Gasteiger partial charge < -0.3 is 5.73 Å². The first-order valence-corrected chi connectivity index (χ1v) is 7.79. The Labute approximate surface area is 123 Å². The normalized spacial score (nSPS) is 11.5. The molecule has 0 aliphatic rings. The number of aromatic nitrogens is 2. The minimum Gasteiger partial charge on any atom is -0.326 e. The summed E-state index contributed by atoms with van der Waals surface area (Å²) < 4.78 is 27.4. The number of aromatic amines is 1. The molecule has 0 amide bonds. The number of H-pyrrole nitrogens is 1. The smallest absolute Gasteiger partial charge is 0.279 e. The van der Waals surface area contributed by atoms with Gasteiger partial charge in [-0.05, 0) is 34.1 Å². The summed E-state index contributed by atoms with van der Waals surface area (Å²) in [6, 6.07) is 4.80. The van der Waals surface area contributed by atoms with E-state index in [1.807, 2.05) is 0 Å². The molecule has 0 bridgehead atoms. The van der Waals surface area contributed by atoms with Gasteiger partial charge in [0.2, 0.25) is 0 Å².